The van der Waals surface area contributed by atoms with Crippen LogP contribution in [0.3, 0.4) is 0 Å². The van der Waals surface area contributed by atoms with Gasteiger partial charge in [0, 0.05) is 29.1 Å². The summed E-state index contributed by atoms with van der Waals surface area (Å²) in [5.41, 5.74) is 0.0994. The molecule has 2 aromatic heterocycles. The van der Waals surface area contributed by atoms with Crippen molar-refractivity contribution in [3.63, 3.8) is 0 Å². The Kier molecular flexibility index (Phi) is 5.68. The van der Waals surface area contributed by atoms with E-state index in [1.54, 1.807) is 35.0 Å². The van der Waals surface area contributed by atoms with E-state index in [-0.39, 0.29) is 22.0 Å². The number of nitrogens with zero attached hydrogens (tertiary/aromatic N) is 1. The predicted octanol–water partition coefficient (Wildman–Crippen LogP) is 3.66. The molecule has 1 atom stereocenters. The lowest BCUT2D eigenvalue weighted by atomic mass is 10.2. The molecule has 0 spiro atoms. The highest BCUT2D eigenvalue weighted by Crippen LogP contribution is 2.33. The minimum atomic E-state index is -3.65. The fourth-order valence-electron chi connectivity index (χ4n) is 2.43. The molecule has 10 heteroatoms. The highest BCUT2D eigenvalue weighted by Gasteiger charge is 2.31. The lowest BCUT2D eigenvalue weighted by Gasteiger charge is -2.16. The first-order chi connectivity index (χ1) is 12.9. The third-order valence-electron chi connectivity index (χ3n) is 3.80. The Bertz CT molecular complexity index is 1030. The monoisotopic (exact) mass is 422 g/mol. The van der Waals surface area contributed by atoms with E-state index in [0.29, 0.717) is 4.88 Å². The number of hydrogen-bond acceptors (Lipinski definition) is 7. The van der Waals surface area contributed by atoms with Crippen LogP contribution in [0.25, 0.3) is 0 Å². The average molecular weight is 423 g/mol. The molecule has 7 nitrogen and oxygen atoms in total. The minimum Gasteiger partial charge on any atom is -0.350 e. The van der Waals surface area contributed by atoms with E-state index in [1.165, 1.54) is 35.6 Å². The molecule has 0 saturated carbocycles. The van der Waals surface area contributed by atoms with Crippen molar-refractivity contribution in [3.05, 3.63) is 79.8 Å². The molecule has 1 N–H and O–H groups in total. The molecule has 0 aliphatic heterocycles. The summed E-state index contributed by atoms with van der Waals surface area (Å²) in [5, 5.41) is 15.9. The quantitative estimate of drug-likeness (QED) is 0.462. The number of non-ortho nitro benzene ring substituents is 1. The number of nitrogens with one attached hydrogen (secondary N) is 1. The molecule has 140 valence electrons. The van der Waals surface area contributed by atoms with Gasteiger partial charge in [0.2, 0.25) is 0 Å². The lowest BCUT2D eigenvalue weighted by Crippen LogP contribution is -2.31. The first-order valence-electron chi connectivity index (χ1n) is 7.73. The van der Waals surface area contributed by atoms with E-state index in [9.17, 15) is 23.3 Å². The maximum Gasteiger partial charge on any atom is 0.269 e. The standard InChI is InChI=1S/C17H14N2O5S3/c20-17(12-5-7-13(8-6-12)19(21)22)18-11-15(14-3-1-9-25-14)27(23,24)16-4-2-10-26-16/h1-10,15H,11H2,(H,18,20)/t15-/m0/s1. The average Bonchev–Trinajstić information content (AvgIpc) is 3.36. The van der Waals surface area contributed by atoms with E-state index in [4.69, 9.17) is 0 Å². The van der Waals surface area contributed by atoms with Crippen molar-refractivity contribution in [2.75, 3.05) is 6.54 Å². The zero-order chi connectivity index (χ0) is 19.4. The van der Waals surface area contributed by atoms with Gasteiger partial charge in [-0.15, -0.1) is 22.7 Å². The second-order valence-corrected chi connectivity index (χ2v) is 9.78. The first kappa shape index (κ1) is 19.2. The van der Waals surface area contributed by atoms with E-state index in [2.05, 4.69) is 5.32 Å². The Balaban J connectivity index is 1.79. The normalized spacial score (nSPS) is 12.4. The number of carbonyl (C=O) groups is 1. The van der Waals surface area contributed by atoms with Gasteiger partial charge in [-0.3, -0.25) is 14.9 Å². The number of thiophene rings is 2. The molecule has 0 fully saturated rings. The molecular weight excluding hydrogens is 408 g/mol. The van der Waals surface area contributed by atoms with Gasteiger partial charge in [0.15, 0.2) is 9.84 Å². The van der Waals surface area contributed by atoms with E-state index >= 15 is 0 Å². The number of nitro benzene ring substituents is 1. The summed E-state index contributed by atoms with van der Waals surface area (Å²) >= 11 is 2.44. The Hall–Kier alpha value is -2.56. The number of sulfone groups is 1. The third kappa shape index (κ3) is 4.24. The second-order valence-electron chi connectivity index (χ2n) is 5.50. The van der Waals surface area contributed by atoms with Crippen LogP contribution in [0, 0.1) is 10.1 Å². The van der Waals surface area contributed by atoms with Gasteiger partial charge in [0.25, 0.3) is 11.6 Å². The summed E-state index contributed by atoms with van der Waals surface area (Å²) in [6.07, 6.45) is 0. The van der Waals surface area contributed by atoms with Crippen LogP contribution in [0.5, 0.6) is 0 Å². The van der Waals surface area contributed by atoms with Crippen molar-refractivity contribution in [1.29, 1.82) is 0 Å². The van der Waals surface area contributed by atoms with Gasteiger partial charge >= 0.3 is 0 Å². The maximum atomic E-state index is 13.0. The highest BCUT2D eigenvalue weighted by molar-refractivity contribution is 7.93. The highest BCUT2D eigenvalue weighted by atomic mass is 32.2. The lowest BCUT2D eigenvalue weighted by molar-refractivity contribution is -0.384. The van der Waals surface area contributed by atoms with Gasteiger partial charge < -0.3 is 5.32 Å². The summed E-state index contributed by atoms with van der Waals surface area (Å²) in [6, 6.07) is 11.8. The summed E-state index contributed by atoms with van der Waals surface area (Å²) in [7, 11) is -3.65. The van der Waals surface area contributed by atoms with Crippen molar-refractivity contribution < 1.29 is 18.1 Å². The maximum absolute atomic E-state index is 13.0. The van der Waals surface area contributed by atoms with Gasteiger partial charge in [0.1, 0.15) is 9.46 Å². The summed E-state index contributed by atoms with van der Waals surface area (Å²) in [4.78, 5) is 23.1. The van der Waals surface area contributed by atoms with E-state index in [0.717, 1.165) is 11.3 Å². The minimum absolute atomic E-state index is 0.101. The fourth-order valence-corrected chi connectivity index (χ4v) is 6.41. The van der Waals surface area contributed by atoms with Gasteiger partial charge in [-0.1, -0.05) is 12.1 Å². The topological polar surface area (TPSA) is 106 Å². The Morgan fingerprint density at radius 1 is 1.07 bits per heavy atom. The van der Waals surface area contributed by atoms with Gasteiger partial charge in [0.05, 0.1) is 4.92 Å². The van der Waals surface area contributed by atoms with Crippen LogP contribution >= 0.6 is 22.7 Å². The van der Waals surface area contributed by atoms with Gasteiger partial charge in [-0.25, -0.2) is 8.42 Å². The zero-order valence-electron chi connectivity index (χ0n) is 13.8. The SMILES string of the molecule is O=C(NC[C@@H](c1cccs1)S(=O)(=O)c1cccs1)c1ccc([N+](=O)[O-])cc1. The largest absolute Gasteiger partial charge is 0.350 e. The molecule has 27 heavy (non-hydrogen) atoms. The molecule has 1 aromatic carbocycles. The molecule has 0 saturated heterocycles. The third-order valence-corrected chi connectivity index (χ3v) is 8.45. The van der Waals surface area contributed by atoms with Crippen LogP contribution in [-0.4, -0.2) is 25.8 Å². The zero-order valence-corrected chi connectivity index (χ0v) is 16.2. The number of hydrogen-bond donors (Lipinski definition) is 1. The van der Waals surface area contributed by atoms with Crippen LogP contribution in [0.2, 0.25) is 0 Å². The Morgan fingerprint density at radius 2 is 1.74 bits per heavy atom. The van der Waals surface area contributed by atoms with Crippen molar-refractivity contribution in [1.82, 2.24) is 5.32 Å². The summed E-state index contributed by atoms with van der Waals surface area (Å²) < 4.78 is 26.1. The van der Waals surface area contributed by atoms with E-state index < -0.39 is 25.9 Å². The first-order valence-corrected chi connectivity index (χ1v) is 11.0. The smallest absolute Gasteiger partial charge is 0.269 e. The molecule has 1 amide bonds. The number of amides is 1. The molecule has 0 radical (unpaired) electrons. The van der Waals surface area contributed by atoms with Crippen molar-refractivity contribution in [3.8, 4) is 0 Å². The Morgan fingerprint density at radius 3 is 2.30 bits per heavy atom. The molecular formula is C17H14N2O5S3. The van der Waals surface area contributed by atoms with Crippen LogP contribution in [0.4, 0.5) is 5.69 Å². The molecule has 0 unspecified atom stereocenters. The molecule has 0 bridgehead atoms. The Labute approximate surface area is 163 Å². The number of rotatable bonds is 7. The molecule has 3 aromatic rings. The summed E-state index contributed by atoms with van der Waals surface area (Å²) in [6.45, 7) is -0.101. The van der Waals surface area contributed by atoms with Gasteiger partial charge in [-0.2, -0.15) is 0 Å². The molecule has 2 heterocycles. The number of nitro groups is 1. The molecule has 3 rings (SSSR count). The van der Waals surface area contributed by atoms with Gasteiger partial charge in [-0.05, 0) is 35.0 Å². The van der Waals surface area contributed by atoms with Crippen LogP contribution in [-0.2, 0) is 9.84 Å². The molecule has 0 aliphatic rings. The second kappa shape index (κ2) is 7.99. The molecule has 0 aliphatic carbocycles. The van der Waals surface area contributed by atoms with Crippen LogP contribution in [0.1, 0.15) is 20.5 Å². The summed E-state index contributed by atoms with van der Waals surface area (Å²) in [5.74, 6) is -0.493. The van der Waals surface area contributed by atoms with Crippen LogP contribution in [0.15, 0.2) is 63.5 Å². The van der Waals surface area contributed by atoms with Crippen molar-refractivity contribution in [2.45, 2.75) is 9.46 Å². The van der Waals surface area contributed by atoms with E-state index in [1.807, 2.05) is 0 Å². The number of carbonyl (C=O) groups excluding carboxylic acids is 1. The van der Waals surface area contributed by atoms with Crippen LogP contribution < -0.4 is 5.32 Å². The predicted molar refractivity (Wildman–Crippen MR) is 104 cm³/mol. The van der Waals surface area contributed by atoms with Crippen molar-refractivity contribution in [2.24, 2.45) is 0 Å². The number of benzene rings is 1. The van der Waals surface area contributed by atoms with Crippen molar-refractivity contribution >= 4 is 44.1 Å². The fraction of sp³-hybridized carbons (Fsp3) is 0.118.